The minimum absolute atomic E-state index is 0.0903. The predicted octanol–water partition coefficient (Wildman–Crippen LogP) is 3.96. The summed E-state index contributed by atoms with van der Waals surface area (Å²) in [5, 5.41) is 9.49. The van der Waals surface area contributed by atoms with Crippen LogP contribution in [0.15, 0.2) is 72.8 Å². The summed E-state index contributed by atoms with van der Waals surface area (Å²) in [4.78, 5) is 12.5. The van der Waals surface area contributed by atoms with E-state index in [2.05, 4.69) is 66.7 Å². The van der Waals surface area contributed by atoms with Gasteiger partial charge in [-0.3, -0.25) is 4.79 Å². The highest BCUT2D eigenvalue weighted by Crippen LogP contribution is 2.31. The van der Waals surface area contributed by atoms with Crippen molar-refractivity contribution in [2.45, 2.75) is 0 Å². The lowest BCUT2D eigenvalue weighted by molar-refractivity contribution is 0.104. The lowest BCUT2D eigenvalue weighted by Crippen LogP contribution is -2.16. The molecule has 0 spiro atoms. The molecule has 1 heteroatoms. The van der Waals surface area contributed by atoms with Crippen molar-refractivity contribution in [3.8, 4) is 0 Å². The Morgan fingerprint density at radius 2 is 1.38 bits per heavy atom. The second-order valence-corrected chi connectivity index (χ2v) is 6.93. The van der Waals surface area contributed by atoms with Crippen LogP contribution in [-0.2, 0) is 0 Å². The first-order chi connectivity index (χ1) is 12.8. The molecule has 0 aromatic heterocycles. The van der Waals surface area contributed by atoms with E-state index in [0.717, 1.165) is 21.6 Å². The second kappa shape index (κ2) is 4.80. The van der Waals surface area contributed by atoms with E-state index in [9.17, 15) is 4.79 Å². The van der Waals surface area contributed by atoms with Crippen molar-refractivity contribution >= 4 is 39.5 Å². The molecule has 120 valence electrons. The summed E-state index contributed by atoms with van der Waals surface area (Å²) in [6.07, 6.45) is 7.77. The van der Waals surface area contributed by atoms with Crippen molar-refractivity contribution < 1.29 is 4.79 Å². The number of carbonyl (C=O) groups is 1. The minimum atomic E-state index is 0.0903. The number of benzene rings is 4. The number of allylic oxidation sites excluding steroid dienone is 2. The Kier molecular flexibility index (Phi) is 2.55. The number of hydrogen-bond acceptors (Lipinski definition) is 1. The summed E-state index contributed by atoms with van der Waals surface area (Å²) < 4.78 is 0. The van der Waals surface area contributed by atoms with Gasteiger partial charge in [0.2, 0.25) is 0 Å². The third-order valence-corrected chi connectivity index (χ3v) is 5.59. The molecule has 2 aliphatic rings. The van der Waals surface area contributed by atoms with Gasteiger partial charge in [-0.2, -0.15) is 0 Å². The number of fused-ring (bicyclic) bond motifs is 8. The van der Waals surface area contributed by atoms with Gasteiger partial charge >= 0.3 is 0 Å². The summed E-state index contributed by atoms with van der Waals surface area (Å²) in [7, 11) is 0. The van der Waals surface area contributed by atoms with Gasteiger partial charge in [-0.1, -0.05) is 72.8 Å². The van der Waals surface area contributed by atoms with Crippen LogP contribution in [-0.4, -0.2) is 5.78 Å². The van der Waals surface area contributed by atoms with Crippen LogP contribution in [0.25, 0.3) is 33.7 Å². The van der Waals surface area contributed by atoms with E-state index in [1.165, 1.54) is 32.0 Å². The van der Waals surface area contributed by atoms with Crippen LogP contribution in [0.4, 0.5) is 0 Å². The topological polar surface area (TPSA) is 17.1 Å². The van der Waals surface area contributed by atoms with Gasteiger partial charge in [0.05, 0.1) is 0 Å². The van der Waals surface area contributed by atoms with E-state index in [-0.39, 0.29) is 5.78 Å². The molecule has 0 atom stereocenters. The number of rotatable bonds is 0. The summed E-state index contributed by atoms with van der Waals surface area (Å²) in [6, 6.07) is 21.4. The van der Waals surface area contributed by atoms with Crippen LogP contribution >= 0.6 is 0 Å². The molecular formula is C25H14O. The van der Waals surface area contributed by atoms with Gasteiger partial charge in [-0.25, -0.2) is 0 Å². The quantitative estimate of drug-likeness (QED) is 0.393. The third-order valence-electron chi connectivity index (χ3n) is 5.59. The Hall–Kier alpha value is -3.45. The molecule has 0 unspecified atom stereocenters. The molecule has 0 aliphatic heterocycles. The fourth-order valence-corrected chi connectivity index (χ4v) is 4.41. The van der Waals surface area contributed by atoms with Crippen molar-refractivity contribution in [1.29, 1.82) is 0 Å². The molecule has 4 aromatic rings. The molecule has 0 bridgehead atoms. The lowest BCUT2D eigenvalue weighted by Gasteiger charge is -2.11. The van der Waals surface area contributed by atoms with Crippen LogP contribution in [0.5, 0.6) is 0 Å². The molecule has 0 saturated heterocycles. The van der Waals surface area contributed by atoms with Gasteiger partial charge in [-0.15, -0.1) is 0 Å². The van der Waals surface area contributed by atoms with E-state index in [4.69, 9.17) is 0 Å². The fraction of sp³-hybridized carbons (Fsp3) is 0. The average molecular weight is 330 g/mol. The molecule has 0 amide bonds. The molecule has 0 saturated carbocycles. The highest BCUT2D eigenvalue weighted by molar-refractivity contribution is 6.20. The van der Waals surface area contributed by atoms with Crippen molar-refractivity contribution in [3.63, 3.8) is 0 Å². The molecule has 2 aliphatic carbocycles. The molecule has 6 rings (SSSR count). The van der Waals surface area contributed by atoms with Crippen molar-refractivity contribution in [1.82, 2.24) is 0 Å². The Morgan fingerprint density at radius 1 is 0.615 bits per heavy atom. The Balaban J connectivity index is 1.81. The first-order valence-electron chi connectivity index (χ1n) is 8.83. The van der Waals surface area contributed by atoms with Crippen LogP contribution < -0.4 is 10.4 Å². The zero-order valence-electron chi connectivity index (χ0n) is 14.0. The van der Waals surface area contributed by atoms with E-state index in [1.807, 2.05) is 12.2 Å². The Bertz CT molecular complexity index is 1540. The smallest absolute Gasteiger partial charge is 0.187 e. The summed E-state index contributed by atoms with van der Waals surface area (Å²) in [5.74, 6) is 0.0903. The zero-order valence-corrected chi connectivity index (χ0v) is 14.0. The lowest BCUT2D eigenvalue weighted by atomic mass is 9.91. The van der Waals surface area contributed by atoms with Gasteiger partial charge in [0, 0.05) is 5.56 Å². The van der Waals surface area contributed by atoms with Crippen molar-refractivity contribution in [3.05, 3.63) is 105 Å². The van der Waals surface area contributed by atoms with Crippen LogP contribution in [0.2, 0.25) is 0 Å². The first-order valence-corrected chi connectivity index (χ1v) is 8.83. The Morgan fingerprint density at radius 3 is 2.35 bits per heavy atom. The number of carbonyl (C=O) groups excluding carboxylic acids is 1. The molecule has 0 fully saturated rings. The maximum Gasteiger partial charge on any atom is 0.187 e. The first kappa shape index (κ1) is 13.8. The highest BCUT2D eigenvalue weighted by Gasteiger charge is 2.15. The van der Waals surface area contributed by atoms with Crippen LogP contribution in [0.1, 0.15) is 15.9 Å². The predicted molar refractivity (Wildman–Crippen MR) is 106 cm³/mol. The SMILES string of the molecule is O=C1C=CC=c2ccc3c(ccc4c5c(ccc43)=c3ccccc3=C5)c21. The largest absolute Gasteiger partial charge is 0.289 e. The zero-order chi connectivity index (χ0) is 17.3. The summed E-state index contributed by atoms with van der Waals surface area (Å²) in [6.45, 7) is 0. The van der Waals surface area contributed by atoms with Gasteiger partial charge < -0.3 is 0 Å². The fourth-order valence-electron chi connectivity index (χ4n) is 4.41. The molecule has 0 radical (unpaired) electrons. The summed E-state index contributed by atoms with van der Waals surface area (Å²) >= 11 is 0. The van der Waals surface area contributed by atoms with Crippen LogP contribution in [0.3, 0.4) is 0 Å². The third kappa shape index (κ3) is 1.67. The average Bonchev–Trinajstić information content (AvgIpc) is 3.06. The monoisotopic (exact) mass is 330 g/mol. The maximum absolute atomic E-state index is 12.5. The van der Waals surface area contributed by atoms with Crippen molar-refractivity contribution in [2.24, 2.45) is 0 Å². The van der Waals surface area contributed by atoms with Gasteiger partial charge in [-0.05, 0) is 60.1 Å². The Labute approximate surface area is 149 Å². The molecule has 26 heavy (non-hydrogen) atoms. The normalized spacial score (nSPS) is 13.9. The highest BCUT2D eigenvalue weighted by atomic mass is 16.1. The van der Waals surface area contributed by atoms with Gasteiger partial charge in [0.15, 0.2) is 5.78 Å². The molecule has 1 nitrogen and oxygen atoms in total. The molecule has 0 N–H and O–H groups in total. The number of ketones is 1. The van der Waals surface area contributed by atoms with Crippen molar-refractivity contribution in [2.75, 3.05) is 0 Å². The van der Waals surface area contributed by atoms with E-state index in [0.29, 0.717) is 0 Å². The number of hydrogen-bond donors (Lipinski definition) is 0. The van der Waals surface area contributed by atoms with E-state index in [1.54, 1.807) is 6.08 Å². The second-order valence-electron chi connectivity index (χ2n) is 6.93. The van der Waals surface area contributed by atoms with Crippen LogP contribution in [0, 0.1) is 10.4 Å². The minimum Gasteiger partial charge on any atom is -0.289 e. The van der Waals surface area contributed by atoms with E-state index >= 15 is 0 Å². The van der Waals surface area contributed by atoms with Gasteiger partial charge in [0.25, 0.3) is 0 Å². The maximum atomic E-state index is 12.5. The standard InChI is InChI=1S/C25H14O/c26-24-7-3-5-15-8-9-20-19-11-10-18-17-6-2-1-4-16(17)14-23(18)21(19)12-13-22(20)25(15)24/h1-14H. The summed E-state index contributed by atoms with van der Waals surface area (Å²) in [5.41, 5.74) is 2.10. The molecule has 4 aromatic carbocycles. The molecule has 0 heterocycles. The van der Waals surface area contributed by atoms with E-state index < -0.39 is 0 Å². The van der Waals surface area contributed by atoms with Gasteiger partial charge in [0.1, 0.15) is 0 Å². The molecular weight excluding hydrogens is 316 g/mol.